The molecule has 7 heteroatoms. The molecule has 0 saturated heterocycles. The molecule has 1 atom stereocenters. The van der Waals surface area contributed by atoms with Crippen molar-refractivity contribution in [3.63, 3.8) is 0 Å². The van der Waals surface area contributed by atoms with E-state index in [2.05, 4.69) is 17.1 Å². The number of amides is 1. The van der Waals surface area contributed by atoms with Gasteiger partial charge in [0.2, 0.25) is 0 Å². The fourth-order valence-corrected chi connectivity index (χ4v) is 1.63. The van der Waals surface area contributed by atoms with Crippen LogP contribution in [0.2, 0.25) is 0 Å². The topological polar surface area (TPSA) is 102 Å². The summed E-state index contributed by atoms with van der Waals surface area (Å²) in [5, 5.41) is 15.0. The van der Waals surface area contributed by atoms with Crippen LogP contribution in [0.4, 0.5) is 0 Å². The average molecular weight is 280 g/mol. The van der Waals surface area contributed by atoms with Crippen molar-refractivity contribution in [2.45, 2.75) is 24.8 Å². The van der Waals surface area contributed by atoms with Crippen molar-refractivity contribution in [2.24, 2.45) is 0 Å². The van der Waals surface area contributed by atoms with Crippen LogP contribution in [0.5, 0.6) is 0 Å². The molecule has 0 bridgehead atoms. The van der Waals surface area contributed by atoms with Crippen LogP contribution in [0.3, 0.4) is 0 Å². The van der Waals surface area contributed by atoms with E-state index < -0.39 is 17.9 Å². The molecule has 1 aromatic rings. The van der Waals surface area contributed by atoms with Gasteiger partial charge in [-0.1, -0.05) is 11.2 Å². The highest BCUT2D eigenvalue weighted by Gasteiger charge is 2.29. The Labute approximate surface area is 115 Å². The maximum Gasteiger partial charge on any atom is 0.328 e. The Kier molecular flexibility index (Phi) is 4.52. The maximum absolute atomic E-state index is 11.9. The van der Waals surface area contributed by atoms with Gasteiger partial charge in [0.15, 0.2) is 11.7 Å². The summed E-state index contributed by atoms with van der Waals surface area (Å²) < 4.78 is 10.1. The van der Waals surface area contributed by atoms with Crippen molar-refractivity contribution in [1.29, 1.82) is 0 Å². The van der Waals surface area contributed by atoms with Gasteiger partial charge in [0, 0.05) is 12.0 Å². The van der Waals surface area contributed by atoms with Crippen LogP contribution in [-0.2, 0) is 9.53 Å². The van der Waals surface area contributed by atoms with Crippen molar-refractivity contribution in [3.05, 3.63) is 30.2 Å². The summed E-state index contributed by atoms with van der Waals surface area (Å²) in [6.45, 7) is 3.53. The van der Waals surface area contributed by atoms with E-state index >= 15 is 0 Å². The summed E-state index contributed by atoms with van der Waals surface area (Å²) in [4.78, 5) is 22.9. The largest absolute Gasteiger partial charge is 0.480 e. The number of nitrogens with one attached hydrogen (secondary N) is 1. The Morgan fingerprint density at radius 3 is 3.00 bits per heavy atom. The Hall–Kier alpha value is -2.15. The number of carboxylic acid groups (broad SMARTS) is 1. The lowest BCUT2D eigenvalue weighted by molar-refractivity contribution is -0.140. The van der Waals surface area contributed by atoms with E-state index in [0.717, 1.165) is 12.8 Å². The fraction of sp³-hybridized carbons (Fsp3) is 0.462. The number of nitrogens with zero attached hydrogens (tertiary/aromatic N) is 1. The molecule has 1 aromatic heterocycles. The van der Waals surface area contributed by atoms with E-state index in [9.17, 15) is 9.59 Å². The molecule has 0 radical (unpaired) electrons. The number of carbonyl (C=O) groups excluding carboxylic acids is 1. The van der Waals surface area contributed by atoms with E-state index in [0.29, 0.717) is 11.7 Å². The minimum absolute atomic E-state index is 0.0851. The standard InChI is InChI=1S/C13H16N2O5/c1-2-5-19-7-10(13(17)18)14-12(16)9-6-11(20-15-9)8-3-4-8/h2,6,8,10H,1,3-5,7H2,(H,14,16)(H,17,18). The molecular formula is C13H16N2O5. The van der Waals surface area contributed by atoms with E-state index in [4.69, 9.17) is 14.4 Å². The number of hydrogen-bond donors (Lipinski definition) is 2. The first-order chi connectivity index (χ1) is 9.61. The predicted molar refractivity (Wildman–Crippen MR) is 68.4 cm³/mol. The fourth-order valence-electron chi connectivity index (χ4n) is 1.63. The highest BCUT2D eigenvalue weighted by molar-refractivity contribution is 5.94. The van der Waals surface area contributed by atoms with Gasteiger partial charge < -0.3 is 19.7 Å². The third kappa shape index (κ3) is 3.67. The van der Waals surface area contributed by atoms with E-state index in [1.54, 1.807) is 6.07 Å². The first-order valence-corrected chi connectivity index (χ1v) is 6.30. The molecule has 108 valence electrons. The molecule has 1 fully saturated rings. The Bertz CT molecular complexity index is 507. The molecule has 2 rings (SSSR count). The molecule has 0 aromatic carbocycles. The second-order valence-corrected chi connectivity index (χ2v) is 4.58. The number of ether oxygens (including phenoxy) is 1. The number of aromatic nitrogens is 1. The summed E-state index contributed by atoms with van der Waals surface area (Å²) in [6, 6.07) is 0.416. The molecular weight excluding hydrogens is 264 g/mol. The van der Waals surface area contributed by atoms with E-state index in [1.165, 1.54) is 6.08 Å². The van der Waals surface area contributed by atoms with Crippen molar-refractivity contribution in [2.75, 3.05) is 13.2 Å². The minimum Gasteiger partial charge on any atom is -0.480 e. The molecule has 1 amide bonds. The normalized spacial score (nSPS) is 15.6. The van der Waals surface area contributed by atoms with Gasteiger partial charge in [-0.3, -0.25) is 4.79 Å². The predicted octanol–water partition coefficient (Wildman–Crippen LogP) is 0.938. The number of carbonyl (C=O) groups is 2. The van der Waals surface area contributed by atoms with Gasteiger partial charge in [-0.15, -0.1) is 6.58 Å². The molecule has 20 heavy (non-hydrogen) atoms. The molecule has 0 spiro atoms. The lowest BCUT2D eigenvalue weighted by atomic mass is 10.2. The van der Waals surface area contributed by atoms with Crippen LogP contribution >= 0.6 is 0 Å². The molecule has 1 unspecified atom stereocenters. The van der Waals surface area contributed by atoms with Crippen LogP contribution < -0.4 is 5.32 Å². The van der Waals surface area contributed by atoms with E-state index in [-0.39, 0.29) is 18.9 Å². The highest BCUT2D eigenvalue weighted by Crippen LogP contribution is 2.40. The third-order valence-electron chi connectivity index (χ3n) is 2.86. The zero-order chi connectivity index (χ0) is 14.5. The summed E-state index contributed by atoms with van der Waals surface area (Å²) in [5.41, 5.74) is 0.0851. The van der Waals surface area contributed by atoms with Crippen LogP contribution in [0.25, 0.3) is 0 Å². The average Bonchev–Trinajstić information content (AvgIpc) is 3.15. The van der Waals surface area contributed by atoms with Gasteiger partial charge in [0.05, 0.1) is 13.2 Å². The maximum atomic E-state index is 11.9. The molecule has 7 nitrogen and oxygen atoms in total. The van der Waals surface area contributed by atoms with Crippen molar-refractivity contribution in [1.82, 2.24) is 10.5 Å². The SMILES string of the molecule is C=CCOCC(NC(=O)c1cc(C2CC2)on1)C(=O)O. The second kappa shape index (κ2) is 6.33. The summed E-state index contributed by atoms with van der Waals surface area (Å²) in [5.74, 6) is -0.747. The molecule has 0 aliphatic heterocycles. The van der Waals surface area contributed by atoms with Gasteiger partial charge in [-0.2, -0.15) is 0 Å². The minimum atomic E-state index is -1.17. The zero-order valence-corrected chi connectivity index (χ0v) is 10.9. The molecule has 1 heterocycles. The van der Waals surface area contributed by atoms with Gasteiger partial charge in [0.25, 0.3) is 5.91 Å². The zero-order valence-electron chi connectivity index (χ0n) is 10.9. The van der Waals surface area contributed by atoms with E-state index in [1.807, 2.05) is 0 Å². The first-order valence-electron chi connectivity index (χ1n) is 6.30. The molecule has 1 aliphatic carbocycles. The lowest BCUT2D eigenvalue weighted by Gasteiger charge is -2.13. The third-order valence-corrected chi connectivity index (χ3v) is 2.86. The lowest BCUT2D eigenvalue weighted by Crippen LogP contribution is -2.44. The Balaban J connectivity index is 1.92. The Morgan fingerprint density at radius 1 is 1.65 bits per heavy atom. The molecule has 1 saturated carbocycles. The van der Waals surface area contributed by atoms with Crippen molar-refractivity contribution < 1.29 is 24.0 Å². The summed E-state index contributed by atoms with van der Waals surface area (Å²) in [6.07, 6.45) is 3.56. The number of aliphatic carboxylic acids is 1. The Morgan fingerprint density at radius 2 is 2.40 bits per heavy atom. The van der Waals surface area contributed by atoms with Crippen molar-refractivity contribution in [3.8, 4) is 0 Å². The van der Waals surface area contributed by atoms with Crippen LogP contribution in [-0.4, -0.2) is 41.4 Å². The van der Waals surface area contributed by atoms with Gasteiger partial charge >= 0.3 is 5.97 Å². The monoisotopic (exact) mass is 280 g/mol. The van der Waals surface area contributed by atoms with Gasteiger partial charge in [-0.05, 0) is 12.8 Å². The smallest absolute Gasteiger partial charge is 0.328 e. The molecule has 2 N–H and O–H groups in total. The van der Waals surface area contributed by atoms with Crippen LogP contribution in [0.15, 0.2) is 23.2 Å². The first kappa shape index (κ1) is 14.3. The number of rotatable bonds is 8. The summed E-state index contributed by atoms with van der Waals surface area (Å²) in [7, 11) is 0. The van der Waals surface area contributed by atoms with Crippen molar-refractivity contribution >= 4 is 11.9 Å². The number of carboxylic acids is 1. The molecule has 1 aliphatic rings. The van der Waals surface area contributed by atoms with Gasteiger partial charge in [-0.25, -0.2) is 4.79 Å². The van der Waals surface area contributed by atoms with Gasteiger partial charge in [0.1, 0.15) is 5.76 Å². The highest BCUT2D eigenvalue weighted by atomic mass is 16.5. The quantitative estimate of drug-likeness (QED) is 0.542. The van der Waals surface area contributed by atoms with Crippen LogP contribution in [0.1, 0.15) is 35.0 Å². The van der Waals surface area contributed by atoms with Crippen LogP contribution in [0, 0.1) is 0 Å². The second-order valence-electron chi connectivity index (χ2n) is 4.58. The number of hydrogen-bond acceptors (Lipinski definition) is 5. The summed E-state index contributed by atoms with van der Waals surface area (Å²) >= 11 is 0.